The van der Waals surface area contributed by atoms with Crippen LogP contribution < -0.4 is 0 Å². The summed E-state index contributed by atoms with van der Waals surface area (Å²) in [6, 6.07) is 10.1. The predicted molar refractivity (Wildman–Crippen MR) is 72.7 cm³/mol. The summed E-state index contributed by atoms with van der Waals surface area (Å²) < 4.78 is 13.2. The molecule has 0 N–H and O–H groups in total. The van der Waals surface area contributed by atoms with E-state index in [-0.39, 0.29) is 17.2 Å². The lowest BCUT2D eigenvalue weighted by Gasteiger charge is -2.04. The monoisotopic (exact) mass is 277 g/mol. The molecule has 2 aromatic rings. The third kappa shape index (κ3) is 3.86. The number of aromatic nitrogens is 1. The zero-order valence-electron chi connectivity index (χ0n) is 10.3. The number of pyridine rings is 1. The fourth-order valence-electron chi connectivity index (χ4n) is 1.80. The second-order valence-corrected chi connectivity index (χ2v) is 4.63. The molecule has 0 bridgehead atoms. The first kappa shape index (κ1) is 13.7. The molecule has 0 saturated carbocycles. The molecule has 2 rings (SSSR count). The Balaban J connectivity index is 1.93. The number of benzene rings is 1. The maximum Gasteiger partial charge on any atom is 0.142 e. The fourth-order valence-corrected chi connectivity index (χ4v) is 1.99. The smallest absolute Gasteiger partial charge is 0.142 e. The highest BCUT2D eigenvalue weighted by Crippen LogP contribution is 2.20. The molecular formula is C15H13ClFNO. The molecule has 1 aromatic carbocycles. The predicted octanol–water partition coefficient (Wildman–Crippen LogP) is 3.62. The summed E-state index contributed by atoms with van der Waals surface area (Å²) in [5, 5.41) is 0.0358. The molecule has 0 amide bonds. The molecule has 4 heteroatoms. The Morgan fingerprint density at radius 1 is 1.21 bits per heavy atom. The van der Waals surface area contributed by atoms with Crippen molar-refractivity contribution in [2.45, 2.75) is 19.3 Å². The van der Waals surface area contributed by atoms with Crippen LogP contribution in [0.2, 0.25) is 5.02 Å². The van der Waals surface area contributed by atoms with Gasteiger partial charge in [-0.2, -0.15) is 0 Å². The highest BCUT2D eigenvalue weighted by atomic mass is 35.5. The van der Waals surface area contributed by atoms with Crippen molar-refractivity contribution in [2.75, 3.05) is 0 Å². The lowest BCUT2D eigenvalue weighted by atomic mass is 10.0. The van der Waals surface area contributed by atoms with Crippen LogP contribution in [0.3, 0.4) is 0 Å². The minimum atomic E-state index is -0.489. The summed E-state index contributed by atoms with van der Waals surface area (Å²) >= 11 is 5.81. The molecule has 19 heavy (non-hydrogen) atoms. The summed E-state index contributed by atoms with van der Waals surface area (Å²) in [5.74, 6) is -0.463. The summed E-state index contributed by atoms with van der Waals surface area (Å²) in [5.41, 5.74) is 1.41. The lowest BCUT2D eigenvalue weighted by Crippen LogP contribution is -2.06. The standard InChI is InChI=1S/C15H13ClFNO/c16-15-11(4-3-6-14(15)17)10-13(19)8-7-12-5-1-2-9-18-12/h1-6,9H,7-8,10H2. The van der Waals surface area contributed by atoms with E-state index < -0.39 is 5.82 Å². The Hall–Kier alpha value is -1.74. The molecule has 0 aliphatic heterocycles. The second kappa shape index (κ2) is 6.43. The summed E-state index contributed by atoms with van der Waals surface area (Å²) in [4.78, 5) is 16.0. The molecule has 1 heterocycles. The average molecular weight is 278 g/mol. The van der Waals surface area contributed by atoms with Crippen molar-refractivity contribution in [3.05, 3.63) is 64.7 Å². The van der Waals surface area contributed by atoms with E-state index in [1.165, 1.54) is 6.07 Å². The van der Waals surface area contributed by atoms with Gasteiger partial charge >= 0.3 is 0 Å². The molecule has 0 atom stereocenters. The summed E-state index contributed by atoms with van der Waals surface area (Å²) in [6.45, 7) is 0. The first-order valence-electron chi connectivity index (χ1n) is 6.01. The third-order valence-electron chi connectivity index (χ3n) is 2.81. The molecule has 1 aromatic heterocycles. The Kier molecular flexibility index (Phi) is 4.63. The number of rotatable bonds is 5. The van der Waals surface area contributed by atoms with E-state index in [4.69, 9.17) is 11.6 Å². The average Bonchev–Trinajstić information content (AvgIpc) is 2.43. The SMILES string of the molecule is O=C(CCc1ccccn1)Cc1cccc(F)c1Cl. The van der Waals surface area contributed by atoms with Gasteiger partial charge < -0.3 is 0 Å². The molecule has 0 aliphatic carbocycles. The summed E-state index contributed by atoms with van der Waals surface area (Å²) in [7, 11) is 0. The van der Waals surface area contributed by atoms with Crippen molar-refractivity contribution in [3.63, 3.8) is 0 Å². The number of aryl methyl sites for hydroxylation is 1. The largest absolute Gasteiger partial charge is 0.299 e. The number of carbonyl (C=O) groups is 1. The van der Waals surface area contributed by atoms with Crippen molar-refractivity contribution in [2.24, 2.45) is 0 Å². The minimum absolute atomic E-state index is 0.0261. The van der Waals surface area contributed by atoms with E-state index in [0.29, 0.717) is 18.4 Å². The minimum Gasteiger partial charge on any atom is -0.299 e. The van der Waals surface area contributed by atoms with Gasteiger partial charge in [0, 0.05) is 24.7 Å². The van der Waals surface area contributed by atoms with Crippen molar-refractivity contribution in [1.29, 1.82) is 0 Å². The van der Waals surface area contributed by atoms with Gasteiger partial charge in [0.2, 0.25) is 0 Å². The Morgan fingerprint density at radius 3 is 2.79 bits per heavy atom. The second-order valence-electron chi connectivity index (χ2n) is 4.25. The van der Waals surface area contributed by atoms with Crippen LogP contribution in [-0.4, -0.2) is 10.8 Å². The van der Waals surface area contributed by atoms with Gasteiger partial charge in [-0.05, 0) is 30.2 Å². The maximum absolute atomic E-state index is 13.2. The van der Waals surface area contributed by atoms with E-state index in [0.717, 1.165) is 5.69 Å². The van der Waals surface area contributed by atoms with Crippen LogP contribution >= 0.6 is 11.6 Å². The first-order valence-corrected chi connectivity index (χ1v) is 6.39. The number of carbonyl (C=O) groups excluding carboxylic acids is 1. The van der Waals surface area contributed by atoms with Gasteiger partial charge in [-0.3, -0.25) is 9.78 Å². The Morgan fingerprint density at radius 2 is 2.05 bits per heavy atom. The number of nitrogens with zero attached hydrogens (tertiary/aromatic N) is 1. The quantitative estimate of drug-likeness (QED) is 0.835. The van der Waals surface area contributed by atoms with E-state index in [2.05, 4.69) is 4.98 Å². The molecule has 0 spiro atoms. The molecular weight excluding hydrogens is 265 g/mol. The number of Topliss-reactive ketones (excluding diaryl/α,β-unsaturated/α-hetero) is 1. The topological polar surface area (TPSA) is 30.0 Å². The van der Waals surface area contributed by atoms with E-state index in [9.17, 15) is 9.18 Å². The van der Waals surface area contributed by atoms with Crippen LogP contribution in [0.4, 0.5) is 4.39 Å². The third-order valence-corrected chi connectivity index (χ3v) is 3.23. The van der Waals surface area contributed by atoms with Crippen molar-refractivity contribution in [3.8, 4) is 0 Å². The van der Waals surface area contributed by atoms with Gasteiger partial charge in [-0.25, -0.2) is 4.39 Å². The lowest BCUT2D eigenvalue weighted by molar-refractivity contribution is -0.118. The van der Waals surface area contributed by atoms with Gasteiger partial charge in [-0.15, -0.1) is 0 Å². The normalized spacial score (nSPS) is 10.4. The molecule has 0 aliphatic rings. The molecule has 0 radical (unpaired) electrons. The Labute approximate surface area is 116 Å². The number of hydrogen-bond acceptors (Lipinski definition) is 2. The van der Waals surface area contributed by atoms with Crippen LogP contribution in [0.5, 0.6) is 0 Å². The van der Waals surface area contributed by atoms with Gasteiger partial charge in [0.15, 0.2) is 0 Å². The van der Waals surface area contributed by atoms with E-state index >= 15 is 0 Å². The highest BCUT2D eigenvalue weighted by Gasteiger charge is 2.10. The van der Waals surface area contributed by atoms with Gasteiger partial charge in [0.05, 0.1) is 5.02 Å². The van der Waals surface area contributed by atoms with Crippen LogP contribution in [-0.2, 0) is 17.6 Å². The van der Waals surface area contributed by atoms with Gasteiger partial charge in [-0.1, -0.05) is 29.8 Å². The first-order chi connectivity index (χ1) is 9.16. The zero-order chi connectivity index (χ0) is 13.7. The molecule has 0 saturated heterocycles. The molecule has 98 valence electrons. The van der Waals surface area contributed by atoms with Crippen LogP contribution in [0.25, 0.3) is 0 Å². The van der Waals surface area contributed by atoms with Gasteiger partial charge in [0.25, 0.3) is 0 Å². The molecule has 2 nitrogen and oxygen atoms in total. The molecule has 0 fully saturated rings. The van der Waals surface area contributed by atoms with E-state index in [1.807, 2.05) is 18.2 Å². The van der Waals surface area contributed by atoms with Crippen LogP contribution in [0.15, 0.2) is 42.6 Å². The maximum atomic E-state index is 13.2. The number of halogens is 2. The van der Waals surface area contributed by atoms with Crippen molar-refractivity contribution >= 4 is 17.4 Å². The van der Waals surface area contributed by atoms with Crippen LogP contribution in [0.1, 0.15) is 17.7 Å². The highest BCUT2D eigenvalue weighted by molar-refractivity contribution is 6.31. The Bertz CT molecular complexity index is 572. The zero-order valence-corrected chi connectivity index (χ0v) is 11.0. The number of ketones is 1. The van der Waals surface area contributed by atoms with Gasteiger partial charge in [0.1, 0.15) is 11.6 Å². The number of hydrogen-bond donors (Lipinski definition) is 0. The fraction of sp³-hybridized carbons (Fsp3) is 0.200. The summed E-state index contributed by atoms with van der Waals surface area (Å²) in [6.07, 6.45) is 2.82. The van der Waals surface area contributed by atoms with Crippen molar-refractivity contribution < 1.29 is 9.18 Å². The van der Waals surface area contributed by atoms with E-state index in [1.54, 1.807) is 18.3 Å². The van der Waals surface area contributed by atoms with Crippen molar-refractivity contribution in [1.82, 2.24) is 4.98 Å². The molecule has 0 unspecified atom stereocenters. The van der Waals surface area contributed by atoms with Crippen LogP contribution in [0, 0.1) is 5.82 Å².